The third kappa shape index (κ3) is 2.35. The molecule has 1 aromatic rings. The van der Waals surface area contributed by atoms with Crippen molar-refractivity contribution in [3.8, 4) is 5.75 Å². The Kier molecular flexibility index (Phi) is 2.86. The largest absolute Gasteiger partial charge is 0.508 e. The van der Waals surface area contributed by atoms with Crippen LogP contribution >= 0.6 is 0 Å². The summed E-state index contributed by atoms with van der Waals surface area (Å²) in [6.45, 7) is 2.10. The lowest BCUT2D eigenvalue weighted by Gasteiger charge is -2.25. The van der Waals surface area contributed by atoms with Crippen molar-refractivity contribution < 1.29 is 9.90 Å². The van der Waals surface area contributed by atoms with Gasteiger partial charge in [-0.3, -0.25) is 4.79 Å². The summed E-state index contributed by atoms with van der Waals surface area (Å²) in [7, 11) is 0. The maximum absolute atomic E-state index is 11.9. The maximum atomic E-state index is 11.9. The fourth-order valence-electron chi connectivity index (χ4n) is 2.24. The second-order valence-electron chi connectivity index (χ2n) is 4.77. The van der Waals surface area contributed by atoms with Gasteiger partial charge in [-0.05, 0) is 44.0 Å². The van der Waals surface area contributed by atoms with Gasteiger partial charge in [0.25, 0.3) is 5.91 Å². The molecule has 3 nitrogen and oxygen atoms in total. The standard InChI is InChI=1S/C13H17NO2/c1-13(8-2-3-9-13)14-12(16)10-4-6-11(15)7-5-10/h4-7,15H,2-3,8-9H2,1H3,(H,14,16). The summed E-state index contributed by atoms with van der Waals surface area (Å²) in [5.74, 6) is 0.132. The van der Waals surface area contributed by atoms with Gasteiger partial charge in [-0.25, -0.2) is 0 Å². The molecule has 0 radical (unpaired) electrons. The minimum Gasteiger partial charge on any atom is -0.508 e. The van der Waals surface area contributed by atoms with Gasteiger partial charge in [-0.1, -0.05) is 12.8 Å². The van der Waals surface area contributed by atoms with E-state index in [-0.39, 0.29) is 17.2 Å². The molecule has 0 aliphatic heterocycles. The molecule has 0 aromatic heterocycles. The first-order valence-electron chi connectivity index (χ1n) is 5.71. The van der Waals surface area contributed by atoms with Crippen molar-refractivity contribution in [2.75, 3.05) is 0 Å². The SMILES string of the molecule is CC1(NC(=O)c2ccc(O)cc2)CCCC1. The lowest BCUT2D eigenvalue weighted by molar-refractivity contribution is 0.0908. The van der Waals surface area contributed by atoms with Crippen LogP contribution in [0.2, 0.25) is 0 Å². The van der Waals surface area contributed by atoms with E-state index in [1.54, 1.807) is 12.1 Å². The maximum Gasteiger partial charge on any atom is 0.251 e. The van der Waals surface area contributed by atoms with E-state index in [9.17, 15) is 4.79 Å². The molecule has 0 heterocycles. The number of benzene rings is 1. The minimum absolute atomic E-state index is 0.0467. The Labute approximate surface area is 95.5 Å². The number of phenols is 1. The summed E-state index contributed by atoms with van der Waals surface area (Å²) >= 11 is 0. The molecule has 2 rings (SSSR count). The molecule has 1 saturated carbocycles. The lowest BCUT2D eigenvalue weighted by atomic mass is 10.00. The molecular formula is C13H17NO2. The van der Waals surface area contributed by atoms with Crippen LogP contribution in [-0.2, 0) is 0 Å². The van der Waals surface area contributed by atoms with Crippen molar-refractivity contribution >= 4 is 5.91 Å². The smallest absolute Gasteiger partial charge is 0.251 e. The monoisotopic (exact) mass is 219 g/mol. The number of nitrogens with one attached hydrogen (secondary N) is 1. The first-order valence-corrected chi connectivity index (χ1v) is 5.71. The van der Waals surface area contributed by atoms with Gasteiger partial charge >= 0.3 is 0 Å². The lowest BCUT2D eigenvalue weighted by Crippen LogP contribution is -2.43. The Hall–Kier alpha value is -1.51. The van der Waals surface area contributed by atoms with E-state index in [1.807, 2.05) is 0 Å². The first kappa shape index (κ1) is 11.0. The van der Waals surface area contributed by atoms with Crippen LogP contribution < -0.4 is 5.32 Å². The number of carbonyl (C=O) groups is 1. The van der Waals surface area contributed by atoms with Crippen LogP contribution in [0.3, 0.4) is 0 Å². The fourth-order valence-corrected chi connectivity index (χ4v) is 2.24. The van der Waals surface area contributed by atoms with E-state index < -0.39 is 0 Å². The predicted molar refractivity (Wildman–Crippen MR) is 62.4 cm³/mol. The zero-order valence-corrected chi connectivity index (χ0v) is 9.49. The average Bonchev–Trinajstić information content (AvgIpc) is 2.65. The molecule has 3 heteroatoms. The van der Waals surface area contributed by atoms with Crippen LogP contribution in [0.1, 0.15) is 43.0 Å². The van der Waals surface area contributed by atoms with Gasteiger partial charge in [0.05, 0.1) is 0 Å². The molecule has 1 fully saturated rings. The molecule has 0 spiro atoms. The number of amides is 1. The third-order valence-electron chi connectivity index (χ3n) is 3.25. The zero-order valence-electron chi connectivity index (χ0n) is 9.49. The van der Waals surface area contributed by atoms with Crippen molar-refractivity contribution in [1.29, 1.82) is 0 Å². The van der Waals surface area contributed by atoms with E-state index in [2.05, 4.69) is 12.2 Å². The van der Waals surface area contributed by atoms with Gasteiger partial charge in [0.15, 0.2) is 0 Å². The van der Waals surface area contributed by atoms with Crippen molar-refractivity contribution in [2.24, 2.45) is 0 Å². The van der Waals surface area contributed by atoms with Crippen LogP contribution in [0.25, 0.3) is 0 Å². The number of carbonyl (C=O) groups excluding carboxylic acids is 1. The van der Waals surface area contributed by atoms with Crippen LogP contribution in [0.4, 0.5) is 0 Å². The topological polar surface area (TPSA) is 49.3 Å². The van der Waals surface area contributed by atoms with Crippen molar-refractivity contribution in [2.45, 2.75) is 38.1 Å². The zero-order chi connectivity index (χ0) is 11.6. The highest BCUT2D eigenvalue weighted by Gasteiger charge is 2.30. The number of phenolic OH excluding ortho intramolecular Hbond substituents is 1. The van der Waals surface area contributed by atoms with Crippen LogP contribution in [0.5, 0.6) is 5.75 Å². The molecule has 0 saturated heterocycles. The van der Waals surface area contributed by atoms with Gasteiger partial charge in [0.1, 0.15) is 5.75 Å². The van der Waals surface area contributed by atoms with Crippen LogP contribution in [0.15, 0.2) is 24.3 Å². The summed E-state index contributed by atoms with van der Waals surface area (Å²) in [6.07, 6.45) is 4.48. The third-order valence-corrected chi connectivity index (χ3v) is 3.25. The highest BCUT2D eigenvalue weighted by atomic mass is 16.3. The molecule has 0 bridgehead atoms. The molecule has 1 aliphatic rings. The van der Waals surface area contributed by atoms with Crippen LogP contribution in [-0.4, -0.2) is 16.6 Å². The second kappa shape index (κ2) is 4.16. The number of hydrogen-bond donors (Lipinski definition) is 2. The quantitative estimate of drug-likeness (QED) is 0.802. The Balaban J connectivity index is 2.05. The van der Waals surface area contributed by atoms with Gasteiger partial charge in [0, 0.05) is 11.1 Å². The van der Waals surface area contributed by atoms with E-state index in [1.165, 1.54) is 25.0 Å². The van der Waals surface area contributed by atoms with Gasteiger partial charge < -0.3 is 10.4 Å². The highest BCUT2D eigenvalue weighted by Crippen LogP contribution is 2.29. The van der Waals surface area contributed by atoms with Crippen molar-refractivity contribution in [3.63, 3.8) is 0 Å². The Morgan fingerprint density at radius 2 is 1.81 bits per heavy atom. The summed E-state index contributed by atoms with van der Waals surface area (Å²) < 4.78 is 0. The molecule has 2 N–H and O–H groups in total. The molecule has 86 valence electrons. The second-order valence-corrected chi connectivity index (χ2v) is 4.77. The highest BCUT2D eigenvalue weighted by molar-refractivity contribution is 5.94. The average molecular weight is 219 g/mol. The summed E-state index contributed by atoms with van der Waals surface area (Å²) in [6, 6.07) is 6.35. The summed E-state index contributed by atoms with van der Waals surface area (Å²) in [5.41, 5.74) is 0.556. The molecule has 1 aliphatic carbocycles. The van der Waals surface area contributed by atoms with Crippen molar-refractivity contribution in [3.05, 3.63) is 29.8 Å². The summed E-state index contributed by atoms with van der Waals surface area (Å²) in [4.78, 5) is 11.9. The summed E-state index contributed by atoms with van der Waals surface area (Å²) in [5, 5.41) is 12.2. The fraction of sp³-hybridized carbons (Fsp3) is 0.462. The van der Waals surface area contributed by atoms with Gasteiger partial charge in [0.2, 0.25) is 0 Å². The number of rotatable bonds is 2. The predicted octanol–water partition coefficient (Wildman–Crippen LogP) is 2.45. The van der Waals surface area contributed by atoms with E-state index in [0.717, 1.165) is 12.8 Å². The normalized spacial score (nSPS) is 18.3. The number of hydrogen-bond acceptors (Lipinski definition) is 2. The first-order chi connectivity index (χ1) is 7.59. The van der Waals surface area contributed by atoms with Crippen LogP contribution in [0, 0.1) is 0 Å². The van der Waals surface area contributed by atoms with E-state index in [0.29, 0.717) is 5.56 Å². The molecule has 16 heavy (non-hydrogen) atoms. The van der Waals surface area contributed by atoms with Gasteiger partial charge in [-0.2, -0.15) is 0 Å². The Morgan fingerprint density at radius 1 is 1.25 bits per heavy atom. The molecule has 0 atom stereocenters. The molecule has 0 unspecified atom stereocenters. The van der Waals surface area contributed by atoms with E-state index >= 15 is 0 Å². The number of aromatic hydroxyl groups is 1. The van der Waals surface area contributed by atoms with Crippen molar-refractivity contribution in [1.82, 2.24) is 5.32 Å². The van der Waals surface area contributed by atoms with Gasteiger partial charge in [-0.15, -0.1) is 0 Å². The van der Waals surface area contributed by atoms with E-state index in [4.69, 9.17) is 5.11 Å². The molecular weight excluding hydrogens is 202 g/mol. The molecule has 1 aromatic carbocycles. The Bertz CT molecular complexity index is 377. The Morgan fingerprint density at radius 3 is 2.38 bits per heavy atom. The molecule has 1 amide bonds. The minimum atomic E-state index is -0.0515.